The molecule has 0 spiro atoms. The first-order valence-corrected chi connectivity index (χ1v) is 7.45. The number of nitrogen functional groups attached to an aromatic ring is 1. The van der Waals surface area contributed by atoms with E-state index in [0.717, 1.165) is 29.2 Å². The van der Waals surface area contributed by atoms with Crippen molar-refractivity contribution in [3.63, 3.8) is 0 Å². The Kier molecular flexibility index (Phi) is 6.16. The van der Waals surface area contributed by atoms with Crippen molar-refractivity contribution in [3.8, 4) is 0 Å². The molecule has 0 atom stereocenters. The first kappa shape index (κ1) is 15.5. The van der Waals surface area contributed by atoms with E-state index in [1.54, 1.807) is 0 Å². The van der Waals surface area contributed by atoms with Gasteiger partial charge in [0.1, 0.15) is 0 Å². The fourth-order valence-corrected chi connectivity index (χ4v) is 2.96. The molecule has 3 N–H and O–H groups in total. The number of rotatable bonds is 6. The summed E-state index contributed by atoms with van der Waals surface area (Å²) in [5.74, 6) is 2.14. The van der Waals surface area contributed by atoms with E-state index in [9.17, 15) is 0 Å². The van der Waals surface area contributed by atoms with E-state index in [0.29, 0.717) is 11.8 Å². The van der Waals surface area contributed by atoms with Crippen molar-refractivity contribution >= 4 is 21.6 Å². The number of nitrogens with one attached hydrogen (secondary N) is 1. The quantitative estimate of drug-likeness (QED) is 0.778. The Labute approximate surface area is 119 Å². The third kappa shape index (κ3) is 4.99. The highest BCUT2D eigenvalue weighted by molar-refractivity contribution is 9.10. The summed E-state index contributed by atoms with van der Waals surface area (Å²) in [5, 5.41) is 3.54. The summed E-state index contributed by atoms with van der Waals surface area (Å²) in [7, 11) is 0. The highest BCUT2D eigenvalue weighted by Crippen LogP contribution is 2.20. The molecule has 0 fully saturated rings. The van der Waals surface area contributed by atoms with E-state index in [2.05, 4.69) is 55.0 Å². The average Bonchev–Trinajstić information content (AvgIpc) is 2.21. The molecule has 1 rings (SSSR count). The zero-order chi connectivity index (χ0) is 13.7. The molecule has 0 saturated carbocycles. The van der Waals surface area contributed by atoms with Gasteiger partial charge < -0.3 is 11.1 Å². The van der Waals surface area contributed by atoms with Gasteiger partial charge in [0.2, 0.25) is 0 Å². The lowest BCUT2D eigenvalue weighted by Crippen LogP contribution is -2.29. The molecule has 18 heavy (non-hydrogen) atoms. The standard InChI is InChI=1S/C15H25BrN2/c1-10(2)15(11(3)4)9-18-8-12-5-13(16)7-14(17)6-12/h5-7,10-11,15,18H,8-9,17H2,1-4H3. The van der Waals surface area contributed by atoms with Gasteiger partial charge in [0, 0.05) is 16.7 Å². The van der Waals surface area contributed by atoms with E-state index in [4.69, 9.17) is 5.73 Å². The first-order chi connectivity index (χ1) is 8.40. The van der Waals surface area contributed by atoms with E-state index in [1.165, 1.54) is 5.56 Å². The minimum absolute atomic E-state index is 0.713. The molecule has 0 aliphatic heterocycles. The molecular formula is C15H25BrN2. The van der Waals surface area contributed by atoms with Crippen molar-refractivity contribution in [1.29, 1.82) is 0 Å². The molecule has 0 saturated heterocycles. The van der Waals surface area contributed by atoms with Gasteiger partial charge in [-0.25, -0.2) is 0 Å². The van der Waals surface area contributed by atoms with Crippen LogP contribution in [0.25, 0.3) is 0 Å². The second-order valence-corrected chi connectivity index (χ2v) is 6.59. The van der Waals surface area contributed by atoms with Crippen LogP contribution in [0, 0.1) is 17.8 Å². The van der Waals surface area contributed by atoms with Crippen molar-refractivity contribution in [2.75, 3.05) is 12.3 Å². The summed E-state index contributed by atoms with van der Waals surface area (Å²) in [6, 6.07) is 6.06. The largest absolute Gasteiger partial charge is 0.399 e. The van der Waals surface area contributed by atoms with Gasteiger partial charge in [-0.3, -0.25) is 0 Å². The van der Waals surface area contributed by atoms with Crippen molar-refractivity contribution in [2.45, 2.75) is 34.2 Å². The molecule has 0 unspecified atom stereocenters. The van der Waals surface area contributed by atoms with Gasteiger partial charge in [0.25, 0.3) is 0 Å². The zero-order valence-electron chi connectivity index (χ0n) is 11.8. The van der Waals surface area contributed by atoms with Crippen molar-refractivity contribution in [3.05, 3.63) is 28.2 Å². The molecule has 0 radical (unpaired) electrons. The number of nitrogens with two attached hydrogens (primary N) is 1. The lowest BCUT2D eigenvalue weighted by atomic mass is 9.85. The Hall–Kier alpha value is -0.540. The summed E-state index contributed by atoms with van der Waals surface area (Å²) in [6.07, 6.45) is 0. The highest BCUT2D eigenvalue weighted by atomic mass is 79.9. The molecule has 0 heterocycles. The van der Waals surface area contributed by atoms with Crippen molar-refractivity contribution in [2.24, 2.45) is 17.8 Å². The number of halogens is 1. The monoisotopic (exact) mass is 312 g/mol. The number of benzene rings is 1. The smallest absolute Gasteiger partial charge is 0.0328 e. The maximum Gasteiger partial charge on any atom is 0.0328 e. The van der Waals surface area contributed by atoms with Crippen molar-refractivity contribution < 1.29 is 0 Å². The molecule has 3 heteroatoms. The summed E-state index contributed by atoms with van der Waals surface area (Å²) >= 11 is 3.47. The van der Waals surface area contributed by atoms with Crippen LogP contribution in [0.15, 0.2) is 22.7 Å². The Bertz CT molecular complexity index is 347. The summed E-state index contributed by atoms with van der Waals surface area (Å²) < 4.78 is 1.04. The van der Waals surface area contributed by atoms with Gasteiger partial charge in [-0.15, -0.1) is 0 Å². The fourth-order valence-electron chi connectivity index (χ4n) is 2.40. The van der Waals surface area contributed by atoms with Gasteiger partial charge in [0.05, 0.1) is 0 Å². The van der Waals surface area contributed by atoms with E-state index < -0.39 is 0 Å². The molecule has 1 aromatic carbocycles. The molecule has 2 nitrogen and oxygen atoms in total. The van der Waals surface area contributed by atoms with Crippen LogP contribution in [0.1, 0.15) is 33.3 Å². The van der Waals surface area contributed by atoms with Crippen LogP contribution < -0.4 is 11.1 Å². The first-order valence-electron chi connectivity index (χ1n) is 6.65. The topological polar surface area (TPSA) is 38.0 Å². The van der Waals surface area contributed by atoms with Crippen LogP contribution >= 0.6 is 15.9 Å². The molecule has 102 valence electrons. The molecule has 0 aliphatic carbocycles. The second kappa shape index (κ2) is 7.15. The average molecular weight is 313 g/mol. The molecule has 0 amide bonds. The minimum atomic E-state index is 0.713. The van der Waals surface area contributed by atoms with E-state index >= 15 is 0 Å². The SMILES string of the molecule is CC(C)C(CNCc1cc(N)cc(Br)c1)C(C)C. The fraction of sp³-hybridized carbons (Fsp3) is 0.600. The van der Waals surface area contributed by atoms with Crippen LogP contribution in [0.4, 0.5) is 5.69 Å². The van der Waals surface area contributed by atoms with Crippen LogP contribution in [0.3, 0.4) is 0 Å². The molecule has 1 aromatic rings. The van der Waals surface area contributed by atoms with Gasteiger partial charge in [-0.1, -0.05) is 43.6 Å². The molecule has 0 aromatic heterocycles. The Morgan fingerprint density at radius 3 is 2.22 bits per heavy atom. The second-order valence-electron chi connectivity index (χ2n) is 5.68. The van der Waals surface area contributed by atoms with Crippen LogP contribution in [0.5, 0.6) is 0 Å². The predicted octanol–water partition coefficient (Wildman–Crippen LogP) is 4.05. The minimum Gasteiger partial charge on any atom is -0.399 e. The lowest BCUT2D eigenvalue weighted by Gasteiger charge is -2.25. The summed E-state index contributed by atoms with van der Waals surface area (Å²) in [5.41, 5.74) is 7.87. The maximum atomic E-state index is 5.83. The predicted molar refractivity (Wildman–Crippen MR) is 83.4 cm³/mol. The third-order valence-electron chi connectivity index (χ3n) is 3.40. The van der Waals surface area contributed by atoms with Crippen LogP contribution in [-0.4, -0.2) is 6.54 Å². The molecule has 0 aliphatic rings. The zero-order valence-corrected chi connectivity index (χ0v) is 13.4. The molecule has 0 bridgehead atoms. The third-order valence-corrected chi connectivity index (χ3v) is 3.86. The number of hydrogen-bond donors (Lipinski definition) is 2. The normalized spacial score (nSPS) is 11.8. The van der Waals surface area contributed by atoms with Gasteiger partial charge in [0.15, 0.2) is 0 Å². The number of hydrogen-bond acceptors (Lipinski definition) is 2. The van der Waals surface area contributed by atoms with Crippen LogP contribution in [0.2, 0.25) is 0 Å². The van der Waals surface area contributed by atoms with Crippen molar-refractivity contribution in [1.82, 2.24) is 5.32 Å². The van der Waals surface area contributed by atoms with Gasteiger partial charge >= 0.3 is 0 Å². The van der Waals surface area contributed by atoms with E-state index in [-0.39, 0.29) is 0 Å². The Morgan fingerprint density at radius 1 is 1.11 bits per heavy atom. The highest BCUT2D eigenvalue weighted by Gasteiger charge is 2.16. The number of anilines is 1. The Morgan fingerprint density at radius 2 is 1.72 bits per heavy atom. The molecular weight excluding hydrogens is 288 g/mol. The Balaban J connectivity index is 2.50. The lowest BCUT2D eigenvalue weighted by molar-refractivity contribution is 0.275. The van der Waals surface area contributed by atoms with Gasteiger partial charge in [-0.2, -0.15) is 0 Å². The summed E-state index contributed by atoms with van der Waals surface area (Å²) in [4.78, 5) is 0. The van der Waals surface area contributed by atoms with Crippen LogP contribution in [-0.2, 0) is 6.54 Å². The maximum absolute atomic E-state index is 5.83. The van der Waals surface area contributed by atoms with Gasteiger partial charge in [-0.05, 0) is 48.1 Å². The summed E-state index contributed by atoms with van der Waals surface area (Å²) in [6.45, 7) is 11.1. The van der Waals surface area contributed by atoms with E-state index in [1.807, 2.05) is 12.1 Å².